The predicted octanol–water partition coefficient (Wildman–Crippen LogP) is 2.37. The van der Waals surface area contributed by atoms with Gasteiger partial charge in [-0.1, -0.05) is 0 Å². The molecule has 4 heteroatoms. The van der Waals surface area contributed by atoms with E-state index >= 15 is 0 Å². The minimum atomic E-state index is -3.06. The van der Waals surface area contributed by atoms with Crippen LogP contribution in [0.5, 0.6) is 0 Å². The van der Waals surface area contributed by atoms with Gasteiger partial charge in [0, 0.05) is 18.2 Å². The quantitative estimate of drug-likeness (QED) is 0.834. The van der Waals surface area contributed by atoms with Gasteiger partial charge in [0.2, 0.25) is 0 Å². The van der Waals surface area contributed by atoms with Gasteiger partial charge in [0.25, 0.3) is 0 Å². The molecule has 1 aliphatic rings. The molecule has 1 aromatic heterocycles. The second kappa shape index (κ2) is 3.85. The van der Waals surface area contributed by atoms with Crippen molar-refractivity contribution in [1.82, 2.24) is 10.3 Å². The number of thiazole rings is 1. The van der Waals surface area contributed by atoms with E-state index < -0.39 is 31.6 Å². The minimum Gasteiger partial charge on any atom is -0.317 e. The van der Waals surface area contributed by atoms with E-state index in [0.717, 1.165) is 11.3 Å². The third kappa shape index (κ3) is 1.87. The summed E-state index contributed by atoms with van der Waals surface area (Å²) in [7, 11) is 0. The van der Waals surface area contributed by atoms with Crippen molar-refractivity contribution in [2.45, 2.75) is 18.6 Å². The zero-order valence-electron chi connectivity index (χ0n) is 14.8. The van der Waals surface area contributed by atoms with Crippen LogP contribution in [-0.2, 0) is 0 Å². The molecule has 2 rings (SSSR count). The van der Waals surface area contributed by atoms with Crippen LogP contribution in [-0.4, -0.2) is 18.0 Å². The Hall–Kier alpha value is 0.0700. The second-order valence-electron chi connectivity index (χ2n) is 1.97. The molecular formula is C8H11BrN2S. The molecule has 0 unspecified atom stereocenters. The Morgan fingerprint density at radius 1 is 1.75 bits per heavy atom. The largest absolute Gasteiger partial charge is 0.317 e. The molecule has 1 fully saturated rings. The maximum absolute atomic E-state index is 8.35. The van der Waals surface area contributed by atoms with Crippen LogP contribution in [0.1, 0.15) is 36.0 Å². The number of halogens is 1. The Morgan fingerprint density at radius 2 is 2.50 bits per heavy atom. The van der Waals surface area contributed by atoms with Gasteiger partial charge in [-0.2, -0.15) is 0 Å². The minimum absolute atomic E-state index is 0.335. The summed E-state index contributed by atoms with van der Waals surface area (Å²) in [5.74, 6) is -2.87. The number of aromatic nitrogens is 1. The second-order valence-corrected chi connectivity index (χ2v) is 4.38. The first-order valence-electron chi connectivity index (χ1n) is 7.62. The molecule has 1 N–H and O–H groups in total. The number of hydrogen-bond donors (Lipinski definition) is 1. The highest BCUT2D eigenvalue weighted by Crippen LogP contribution is 2.30. The molecule has 1 aromatic rings. The van der Waals surface area contributed by atoms with Gasteiger partial charge in [0.15, 0.2) is 0 Å². The van der Waals surface area contributed by atoms with Gasteiger partial charge >= 0.3 is 0 Å². The van der Waals surface area contributed by atoms with E-state index in [1.54, 1.807) is 5.32 Å². The summed E-state index contributed by atoms with van der Waals surface area (Å²) < 4.78 is 71.3. The third-order valence-electron chi connectivity index (χ3n) is 1.19. The molecule has 0 spiro atoms. The predicted molar refractivity (Wildman–Crippen MR) is 54.7 cm³/mol. The van der Waals surface area contributed by atoms with Crippen LogP contribution in [0.4, 0.5) is 0 Å². The van der Waals surface area contributed by atoms with Gasteiger partial charge < -0.3 is 5.32 Å². The van der Waals surface area contributed by atoms with Crippen LogP contribution >= 0.6 is 27.3 Å². The lowest BCUT2D eigenvalue weighted by Gasteiger charge is -2.20. The maximum atomic E-state index is 8.35. The summed E-state index contributed by atoms with van der Waals surface area (Å²) in [5, 5.41) is 1.37. The number of rotatable bonds is 1. The standard InChI is InChI=1S/C8H11BrN2S/c9-7-5-11-8(12-7)6-1-3-10-4-2-6/h5-6,10H,1-4H2/i1D2,2D2,3D2,4D2,6D. The Bertz CT molecular complexity index is 546. The van der Waals surface area contributed by atoms with Crippen molar-refractivity contribution < 1.29 is 12.3 Å². The molecule has 66 valence electrons. The first kappa shape index (κ1) is 3.04. The zero-order chi connectivity index (χ0) is 16.5. The fourth-order valence-electron chi connectivity index (χ4n) is 0.727. The van der Waals surface area contributed by atoms with E-state index in [0.29, 0.717) is 3.79 Å². The Labute approximate surface area is 97.2 Å². The molecule has 2 nitrogen and oxygen atoms in total. The molecule has 0 saturated carbocycles. The first-order chi connectivity index (χ1) is 9.21. The van der Waals surface area contributed by atoms with E-state index in [2.05, 4.69) is 20.9 Å². The molecule has 0 atom stereocenters. The van der Waals surface area contributed by atoms with Crippen molar-refractivity contribution in [1.29, 1.82) is 0 Å². The van der Waals surface area contributed by atoms with Gasteiger partial charge in [-0.15, -0.1) is 11.3 Å². The van der Waals surface area contributed by atoms with Gasteiger partial charge in [-0.25, -0.2) is 4.98 Å². The summed E-state index contributed by atoms with van der Waals surface area (Å²) >= 11 is 3.86. The van der Waals surface area contributed by atoms with Crippen molar-refractivity contribution >= 4 is 27.3 Å². The van der Waals surface area contributed by atoms with Gasteiger partial charge in [-0.05, 0) is 41.7 Å². The average molecular weight is 256 g/mol. The molecule has 0 radical (unpaired) electrons. The van der Waals surface area contributed by atoms with E-state index in [-0.39, 0.29) is 5.01 Å². The van der Waals surface area contributed by atoms with Crippen LogP contribution in [0.15, 0.2) is 9.98 Å². The smallest absolute Gasteiger partial charge is 0.0968 e. The summed E-state index contributed by atoms with van der Waals surface area (Å²) in [4.78, 5) is 3.78. The lowest BCUT2D eigenvalue weighted by Crippen LogP contribution is -2.26. The number of nitrogens with zero attached hydrogens (tertiary/aromatic N) is 1. The summed E-state index contributed by atoms with van der Waals surface area (Å²) in [6.45, 7) is -5.91. The van der Waals surface area contributed by atoms with E-state index in [9.17, 15) is 0 Å². The summed E-state index contributed by atoms with van der Waals surface area (Å²) in [5.41, 5.74) is 0. The Kier molecular flexibility index (Phi) is 0.975. The lowest BCUT2D eigenvalue weighted by molar-refractivity contribution is 0.459. The van der Waals surface area contributed by atoms with Crippen molar-refractivity contribution in [3.8, 4) is 0 Å². The zero-order valence-corrected chi connectivity index (χ0v) is 8.21. The first-order valence-corrected chi connectivity index (χ1v) is 4.73. The molecular weight excluding hydrogens is 236 g/mol. The number of nitrogens with one attached hydrogen (secondary N) is 1. The Morgan fingerprint density at radius 3 is 3.08 bits per heavy atom. The normalized spacial score (nSPS) is 50.2. The number of hydrogen-bond acceptors (Lipinski definition) is 3. The van der Waals surface area contributed by atoms with Crippen LogP contribution in [0.25, 0.3) is 0 Å². The summed E-state index contributed by atoms with van der Waals surface area (Å²) in [6.07, 6.45) is -4.88. The highest BCUT2D eigenvalue weighted by molar-refractivity contribution is 9.11. The highest BCUT2D eigenvalue weighted by atomic mass is 79.9. The SMILES string of the molecule is [2H]C1([2H])NC([2H])([2H])C([2H])([2H])C([2H])(c2ncc(Br)s2)C1([2H])[2H]. The summed E-state index contributed by atoms with van der Waals surface area (Å²) in [6, 6.07) is 0. The maximum Gasteiger partial charge on any atom is 0.0968 e. The third-order valence-corrected chi connectivity index (χ3v) is 2.69. The van der Waals surface area contributed by atoms with E-state index in [1.165, 1.54) is 6.20 Å². The van der Waals surface area contributed by atoms with Crippen LogP contribution < -0.4 is 5.32 Å². The van der Waals surface area contributed by atoms with Crippen molar-refractivity contribution in [3.05, 3.63) is 15.0 Å². The van der Waals surface area contributed by atoms with E-state index in [4.69, 9.17) is 12.3 Å². The fourth-order valence-corrected chi connectivity index (χ4v) is 1.89. The van der Waals surface area contributed by atoms with Crippen LogP contribution in [0, 0.1) is 0 Å². The highest BCUT2D eigenvalue weighted by Gasteiger charge is 2.17. The molecule has 1 saturated heterocycles. The number of piperidine rings is 1. The molecule has 0 aliphatic carbocycles. The lowest BCUT2D eigenvalue weighted by atomic mass is 9.99. The van der Waals surface area contributed by atoms with Crippen molar-refractivity contribution in [3.63, 3.8) is 0 Å². The molecule has 0 aromatic carbocycles. The van der Waals surface area contributed by atoms with Gasteiger partial charge in [-0.3, -0.25) is 0 Å². The van der Waals surface area contributed by atoms with Crippen molar-refractivity contribution in [2.75, 3.05) is 13.0 Å². The molecule has 0 bridgehead atoms. The van der Waals surface area contributed by atoms with E-state index in [1.807, 2.05) is 0 Å². The molecule has 0 amide bonds. The Balaban J connectivity index is 2.78. The fraction of sp³-hybridized carbons (Fsp3) is 0.625. The molecule has 12 heavy (non-hydrogen) atoms. The van der Waals surface area contributed by atoms with Gasteiger partial charge in [0.1, 0.15) is 0 Å². The monoisotopic (exact) mass is 255 g/mol. The van der Waals surface area contributed by atoms with Crippen molar-refractivity contribution in [2.24, 2.45) is 0 Å². The van der Waals surface area contributed by atoms with Crippen LogP contribution in [0.3, 0.4) is 0 Å². The average Bonchev–Trinajstić information content (AvgIpc) is 2.71. The molecule has 1 aliphatic heterocycles. The molecule has 2 heterocycles. The topological polar surface area (TPSA) is 24.9 Å². The van der Waals surface area contributed by atoms with Gasteiger partial charge in [0.05, 0.1) is 15.0 Å². The van der Waals surface area contributed by atoms with Crippen LogP contribution in [0.2, 0.25) is 0 Å².